The van der Waals surface area contributed by atoms with Crippen molar-refractivity contribution < 1.29 is 32.2 Å². The molecule has 1 aliphatic rings. The number of nitrogens with zero attached hydrogens (tertiary/aromatic N) is 3. The zero-order valence-corrected chi connectivity index (χ0v) is 24.7. The number of thiazole rings is 1. The number of ether oxygens (including phenoxy) is 3. The number of benzene rings is 2. The maximum atomic E-state index is 13.3. The quantitative estimate of drug-likeness (QED) is 0.265. The van der Waals surface area contributed by atoms with Gasteiger partial charge in [0.05, 0.1) is 28.1 Å². The first-order valence-electron chi connectivity index (χ1n) is 13.6. The van der Waals surface area contributed by atoms with Crippen molar-refractivity contribution in [2.24, 2.45) is 4.99 Å². The molecule has 2 heterocycles. The minimum Gasteiger partial charge on any atom is -0.466 e. The van der Waals surface area contributed by atoms with Crippen molar-refractivity contribution in [3.8, 4) is 11.5 Å². The summed E-state index contributed by atoms with van der Waals surface area (Å²) in [6.07, 6.45) is 3.46. The summed E-state index contributed by atoms with van der Waals surface area (Å²) in [4.78, 5) is 30.2. The van der Waals surface area contributed by atoms with Crippen molar-refractivity contribution >= 4 is 43.5 Å². The van der Waals surface area contributed by atoms with Crippen molar-refractivity contribution in [3.63, 3.8) is 0 Å². The number of rotatable bonds is 13. The summed E-state index contributed by atoms with van der Waals surface area (Å²) in [6.45, 7) is 7.40. The van der Waals surface area contributed by atoms with Crippen molar-refractivity contribution in [1.82, 2.24) is 8.87 Å². The fourth-order valence-electron chi connectivity index (χ4n) is 4.29. The lowest BCUT2D eigenvalue weighted by Crippen LogP contribution is -2.33. The highest BCUT2D eigenvalue weighted by molar-refractivity contribution is 7.89. The van der Waals surface area contributed by atoms with E-state index in [9.17, 15) is 18.0 Å². The fourth-order valence-corrected chi connectivity index (χ4v) is 6.87. The normalized spacial score (nSPS) is 13.3. The van der Waals surface area contributed by atoms with E-state index in [2.05, 4.69) is 4.99 Å². The molecule has 12 heteroatoms. The lowest BCUT2D eigenvalue weighted by atomic mass is 10.2. The summed E-state index contributed by atoms with van der Waals surface area (Å²) in [5.41, 5.74) is 1.02. The molecule has 40 heavy (non-hydrogen) atoms. The summed E-state index contributed by atoms with van der Waals surface area (Å²) < 4.78 is 46.8. The van der Waals surface area contributed by atoms with Crippen LogP contribution in [0.3, 0.4) is 0 Å². The molecule has 0 bridgehead atoms. The van der Waals surface area contributed by atoms with Crippen LogP contribution in [0.15, 0.2) is 46.3 Å². The SMILES string of the molecule is CCCCN(CCCC)S(=O)(=O)c1ccc(C(=O)N=c2sc3cc4c(cc3n2CCC(=O)OCC)OCO4)cc1. The maximum absolute atomic E-state index is 13.3. The molecule has 0 atom stereocenters. The van der Waals surface area contributed by atoms with Crippen molar-refractivity contribution in [1.29, 1.82) is 0 Å². The number of amides is 1. The molecule has 216 valence electrons. The second-order valence-electron chi connectivity index (χ2n) is 9.32. The van der Waals surface area contributed by atoms with Crippen LogP contribution in [0.25, 0.3) is 10.2 Å². The first-order chi connectivity index (χ1) is 19.3. The average Bonchev–Trinajstić information content (AvgIpc) is 3.53. The summed E-state index contributed by atoms with van der Waals surface area (Å²) in [5.74, 6) is 0.315. The Morgan fingerprint density at radius 2 is 1.68 bits per heavy atom. The second kappa shape index (κ2) is 13.4. The Kier molecular flexibility index (Phi) is 9.99. The standard InChI is InChI=1S/C28H35N3O7S2/c1-4-7-14-30(15-8-5-2)40(34,35)21-11-9-20(10-12-21)27(33)29-28-31(16-13-26(32)36-6-3)22-17-23-24(38-19-37-23)18-25(22)39-28/h9-12,17-18H,4-8,13-16,19H2,1-3H3. The molecule has 4 rings (SSSR count). The van der Waals surface area contributed by atoms with Gasteiger partial charge in [-0.25, -0.2) is 8.42 Å². The number of fused-ring (bicyclic) bond motifs is 2. The van der Waals surface area contributed by atoms with Gasteiger partial charge in [0, 0.05) is 37.3 Å². The van der Waals surface area contributed by atoms with Crippen molar-refractivity contribution in [2.75, 3.05) is 26.5 Å². The van der Waals surface area contributed by atoms with E-state index in [-0.39, 0.29) is 42.8 Å². The Morgan fingerprint density at radius 1 is 1.02 bits per heavy atom. The monoisotopic (exact) mass is 589 g/mol. The van der Waals surface area contributed by atoms with E-state index in [4.69, 9.17) is 14.2 Å². The van der Waals surface area contributed by atoms with E-state index < -0.39 is 15.9 Å². The Bertz CT molecular complexity index is 1520. The van der Waals surface area contributed by atoms with E-state index in [0.29, 0.717) is 29.4 Å². The van der Waals surface area contributed by atoms with Gasteiger partial charge in [-0.1, -0.05) is 38.0 Å². The molecule has 0 saturated carbocycles. The molecule has 3 aromatic rings. The van der Waals surface area contributed by atoms with Crippen molar-refractivity contribution in [3.05, 3.63) is 46.8 Å². The number of sulfonamides is 1. The molecule has 10 nitrogen and oxygen atoms in total. The molecular weight excluding hydrogens is 554 g/mol. The number of hydrogen-bond acceptors (Lipinski definition) is 8. The minimum absolute atomic E-state index is 0.106. The topological polar surface area (TPSA) is 117 Å². The van der Waals surface area contributed by atoms with Gasteiger partial charge in [0.2, 0.25) is 16.8 Å². The van der Waals surface area contributed by atoms with Crippen molar-refractivity contribution in [2.45, 2.75) is 64.3 Å². The van der Waals surface area contributed by atoms with E-state index in [1.807, 2.05) is 26.0 Å². The van der Waals surface area contributed by atoms with Gasteiger partial charge in [0.25, 0.3) is 5.91 Å². The second-order valence-corrected chi connectivity index (χ2v) is 12.3. The highest BCUT2D eigenvalue weighted by Gasteiger charge is 2.24. The lowest BCUT2D eigenvalue weighted by molar-refractivity contribution is -0.143. The van der Waals surface area contributed by atoms with Gasteiger partial charge in [-0.05, 0) is 44.0 Å². The third kappa shape index (κ3) is 6.73. The Hall–Kier alpha value is -3.22. The number of esters is 1. The average molecular weight is 590 g/mol. The minimum atomic E-state index is -3.67. The van der Waals surface area contributed by atoms with Gasteiger partial charge in [-0.2, -0.15) is 9.30 Å². The maximum Gasteiger partial charge on any atom is 0.307 e. The van der Waals surface area contributed by atoms with Gasteiger partial charge in [-0.3, -0.25) is 9.59 Å². The van der Waals surface area contributed by atoms with Crippen LogP contribution < -0.4 is 14.3 Å². The highest BCUT2D eigenvalue weighted by atomic mass is 32.2. The molecule has 1 aliphatic heterocycles. The fraction of sp³-hybridized carbons (Fsp3) is 0.464. The Morgan fingerprint density at radius 3 is 2.30 bits per heavy atom. The first-order valence-corrected chi connectivity index (χ1v) is 15.8. The van der Waals surface area contributed by atoms with Gasteiger partial charge >= 0.3 is 5.97 Å². The number of hydrogen-bond donors (Lipinski definition) is 0. The molecule has 0 fully saturated rings. The van der Waals surface area contributed by atoms with Gasteiger partial charge in [0.15, 0.2) is 16.3 Å². The number of carbonyl (C=O) groups excluding carboxylic acids is 2. The molecule has 1 amide bonds. The lowest BCUT2D eigenvalue weighted by Gasteiger charge is -2.22. The zero-order chi connectivity index (χ0) is 28.7. The van der Waals surface area contributed by atoms with Crippen LogP contribution >= 0.6 is 11.3 Å². The first kappa shape index (κ1) is 29.8. The van der Waals surface area contributed by atoms with E-state index in [1.54, 1.807) is 11.5 Å². The molecule has 0 unspecified atom stereocenters. The number of carbonyl (C=O) groups is 2. The molecule has 0 N–H and O–H groups in total. The van der Waals surface area contributed by atoms with Crippen LogP contribution in [-0.2, 0) is 26.1 Å². The van der Waals surface area contributed by atoms with E-state index in [0.717, 1.165) is 35.9 Å². The number of unbranched alkanes of at least 4 members (excludes halogenated alkanes) is 2. The Labute approximate surface area is 238 Å². The van der Waals surface area contributed by atoms with Crippen LogP contribution in [0.2, 0.25) is 0 Å². The third-order valence-corrected chi connectivity index (χ3v) is 9.43. The molecule has 2 aromatic carbocycles. The Balaban J connectivity index is 1.64. The number of aromatic nitrogens is 1. The smallest absolute Gasteiger partial charge is 0.307 e. The largest absolute Gasteiger partial charge is 0.466 e. The van der Waals surface area contributed by atoms with E-state index in [1.165, 1.54) is 39.9 Å². The summed E-state index contributed by atoms with van der Waals surface area (Å²) >= 11 is 1.29. The van der Waals surface area contributed by atoms with Crippen LogP contribution in [0.1, 0.15) is 63.2 Å². The third-order valence-electron chi connectivity index (χ3n) is 6.48. The predicted octanol–water partition coefficient (Wildman–Crippen LogP) is 4.72. The van der Waals surface area contributed by atoms with Crippen LogP contribution in [-0.4, -0.2) is 55.7 Å². The molecule has 1 aromatic heterocycles. The molecule has 0 spiro atoms. The molecule has 0 radical (unpaired) electrons. The molecule has 0 saturated heterocycles. The summed E-state index contributed by atoms with van der Waals surface area (Å²) in [5, 5.41) is 0. The summed E-state index contributed by atoms with van der Waals surface area (Å²) in [7, 11) is -3.67. The van der Waals surface area contributed by atoms with Crippen LogP contribution in [0.4, 0.5) is 0 Å². The highest BCUT2D eigenvalue weighted by Crippen LogP contribution is 2.37. The zero-order valence-electron chi connectivity index (χ0n) is 23.1. The van der Waals surface area contributed by atoms with Crippen LogP contribution in [0.5, 0.6) is 11.5 Å². The van der Waals surface area contributed by atoms with E-state index >= 15 is 0 Å². The van der Waals surface area contributed by atoms with Gasteiger partial charge < -0.3 is 18.8 Å². The van der Waals surface area contributed by atoms with Gasteiger partial charge in [-0.15, -0.1) is 0 Å². The molecular formula is C28H35N3O7S2. The number of aryl methyl sites for hydroxylation is 1. The van der Waals surface area contributed by atoms with Crippen LogP contribution in [0, 0.1) is 0 Å². The summed E-state index contributed by atoms with van der Waals surface area (Å²) in [6, 6.07) is 9.54. The molecule has 0 aliphatic carbocycles. The van der Waals surface area contributed by atoms with Gasteiger partial charge in [0.1, 0.15) is 0 Å². The predicted molar refractivity (Wildman–Crippen MR) is 152 cm³/mol.